The first kappa shape index (κ1) is 12.6. The van der Waals surface area contributed by atoms with E-state index in [4.69, 9.17) is 5.11 Å². The molecule has 1 aromatic carbocycles. The van der Waals surface area contributed by atoms with Gasteiger partial charge in [0, 0.05) is 5.38 Å². The molecule has 2 N–H and O–H groups in total. The maximum Gasteiger partial charge on any atom is 0.335 e. The lowest BCUT2D eigenvalue weighted by Crippen LogP contribution is -2.11. The zero-order chi connectivity index (χ0) is 14.1. The highest BCUT2D eigenvalue weighted by Crippen LogP contribution is 2.27. The average Bonchev–Trinajstić information content (AvgIpc) is 3.06. The van der Waals surface area contributed by atoms with Crippen molar-refractivity contribution < 1.29 is 14.7 Å². The number of thiazole rings is 1. The number of hydrogen-bond donors (Lipinski definition) is 2. The van der Waals surface area contributed by atoms with Crippen molar-refractivity contribution >= 4 is 50.1 Å². The summed E-state index contributed by atoms with van der Waals surface area (Å²) in [5.74, 6) is -1.39. The third kappa shape index (κ3) is 2.36. The van der Waals surface area contributed by atoms with Gasteiger partial charge in [-0.05, 0) is 29.7 Å². The van der Waals surface area contributed by atoms with Crippen LogP contribution in [-0.2, 0) is 0 Å². The lowest BCUT2D eigenvalue weighted by atomic mass is 10.2. The number of anilines is 1. The second kappa shape index (κ2) is 4.94. The Morgan fingerprint density at radius 1 is 1.30 bits per heavy atom. The molecule has 2 heterocycles. The van der Waals surface area contributed by atoms with Gasteiger partial charge in [0.2, 0.25) is 0 Å². The van der Waals surface area contributed by atoms with E-state index in [-0.39, 0.29) is 11.3 Å². The normalized spacial score (nSPS) is 10.6. The highest BCUT2D eigenvalue weighted by atomic mass is 32.1. The number of aromatic nitrogens is 3. The number of carbonyl (C=O) groups is 2. The Morgan fingerprint density at radius 2 is 2.15 bits per heavy atom. The molecule has 1 amide bonds. The summed E-state index contributed by atoms with van der Waals surface area (Å²) < 4.78 is 4.30. The summed E-state index contributed by atoms with van der Waals surface area (Å²) in [6, 6.07) is 4.60. The maximum absolute atomic E-state index is 11.8. The van der Waals surface area contributed by atoms with E-state index in [1.165, 1.54) is 28.8 Å². The van der Waals surface area contributed by atoms with Gasteiger partial charge in [-0.25, -0.2) is 9.78 Å². The number of nitrogens with zero attached hydrogens (tertiary/aromatic N) is 3. The van der Waals surface area contributed by atoms with Gasteiger partial charge in [0.25, 0.3) is 5.91 Å². The summed E-state index contributed by atoms with van der Waals surface area (Å²) in [4.78, 5) is 26.9. The van der Waals surface area contributed by atoms with E-state index in [0.717, 1.165) is 11.5 Å². The fourth-order valence-electron chi connectivity index (χ4n) is 1.54. The maximum atomic E-state index is 11.8. The second-order valence-corrected chi connectivity index (χ2v) is 5.39. The number of fused-ring (bicyclic) bond motifs is 1. The Kier molecular flexibility index (Phi) is 3.12. The van der Waals surface area contributed by atoms with E-state index in [1.54, 1.807) is 6.07 Å². The van der Waals surface area contributed by atoms with Crippen LogP contribution in [0.4, 0.5) is 5.13 Å². The molecule has 0 unspecified atom stereocenters. The molecule has 100 valence electrons. The second-order valence-electron chi connectivity index (χ2n) is 3.75. The van der Waals surface area contributed by atoms with Crippen LogP contribution in [0.1, 0.15) is 20.8 Å². The fraction of sp³-hybridized carbons (Fsp3) is 0. The molecular weight excluding hydrogens is 300 g/mol. The molecule has 2 aromatic heterocycles. The van der Waals surface area contributed by atoms with Crippen molar-refractivity contribution in [1.29, 1.82) is 0 Å². The first-order valence-electron chi connectivity index (χ1n) is 5.36. The van der Waals surface area contributed by atoms with E-state index in [0.29, 0.717) is 15.3 Å². The third-order valence-corrected chi connectivity index (χ3v) is 3.89. The number of carboxylic acids is 1. The van der Waals surface area contributed by atoms with Crippen LogP contribution in [0, 0.1) is 0 Å². The molecular formula is C11H6N4O3S2. The standard InChI is InChI=1S/C11H6N4O3S2/c16-9(7-4-19-15-14-7)13-11-12-6-2-1-5(10(17)18)3-8(6)20-11/h1-4H,(H,17,18)(H,12,13,16). The number of carboxylic acid groups (broad SMARTS) is 1. The molecule has 0 atom stereocenters. The predicted molar refractivity (Wildman–Crippen MR) is 74.4 cm³/mol. The molecule has 0 aliphatic carbocycles. The number of rotatable bonds is 3. The summed E-state index contributed by atoms with van der Waals surface area (Å²) in [5.41, 5.74) is 1.04. The molecule has 0 saturated heterocycles. The summed E-state index contributed by atoms with van der Waals surface area (Å²) >= 11 is 2.29. The van der Waals surface area contributed by atoms with Crippen LogP contribution < -0.4 is 5.32 Å². The van der Waals surface area contributed by atoms with Crippen LogP contribution in [0.5, 0.6) is 0 Å². The van der Waals surface area contributed by atoms with Crippen molar-refractivity contribution in [3.63, 3.8) is 0 Å². The smallest absolute Gasteiger partial charge is 0.335 e. The lowest BCUT2D eigenvalue weighted by molar-refractivity contribution is 0.0697. The Hall–Kier alpha value is -2.39. The van der Waals surface area contributed by atoms with E-state index < -0.39 is 11.9 Å². The lowest BCUT2D eigenvalue weighted by Gasteiger charge is -1.95. The molecule has 7 nitrogen and oxygen atoms in total. The van der Waals surface area contributed by atoms with E-state index >= 15 is 0 Å². The van der Waals surface area contributed by atoms with Gasteiger partial charge in [0.05, 0.1) is 15.8 Å². The summed E-state index contributed by atoms with van der Waals surface area (Å²) in [6.07, 6.45) is 0. The van der Waals surface area contributed by atoms with Crippen molar-refractivity contribution in [1.82, 2.24) is 14.6 Å². The molecule has 3 aromatic rings. The van der Waals surface area contributed by atoms with Gasteiger partial charge in [-0.1, -0.05) is 15.8 Å². The SMILES string of the molecule is O=C(O)c1ccc2nc(NC(=O)c3csnn3)sc2c1. The Labute approximate surface area is 120 Å². The van der Waals surface area contributed by atoms with E-state index in [1.807, 2.05) is 0 Å². The van der Waals surface area contributed by atoms with E-state index in [9.17, 15) is 9.59 Å². The summed E-state index contributed by atoms with van der Waals surface area (Å²) in [7, 11) is 0. The average molecular weight is 306 g/mol. The first-order valence-corrected chi connectivity index (χ1v) is 7.01. The minimum atomic E-state index is -1.00. The zero-order valence-corrected chi connectivity index (χ0v) is 11.4. The molecule has 0 fully saturated rings. The number of benzene rings is 1. The van der Waals surface area contributed by atoms with Crippen molar-refractivity contribution in [2.24, 2.45) is 0 Å². The predicted octanol–water partition coefficient (Wildman–Crippen LogP) is 2.10. The van der Waals surface area contributed by atoms with Crippen LogP contribution in [0.15, 0.2) is 23.6 Å². The number of aromatic carboxylic acids is 1. The Morgan fingerprint density at radius 3 is 2.85 bits per heavy atom. The minimum Gasteiger partial charge on any atom is -0.478 e. The van der Waals surface area contributed by atoms with Crippen molar-refractivity contribution in [2.75, 3.05) is 5.32 Å². The van der Waals surface area contributed by atoms with Crippen molar-refractivity contribution in [2.45, 2.75) is 0 Å². The summed E-state index contributed by atoms with van der Waals surface area (Å²) in [6.45, 7) is 0. The van der Waals surface area contributed by atoms with Gasteiger partial charge >= 0.3 is 5.97 Å². The van der Waals surface area contributed by atoms with Gasteiger partial charge in [0.15, 0.2) is 10.8 Å². The van der Waals surface area contributed by atoms with Crippen molar-refractivity contribution in [3.8, 4) is 0 Å². The number of nitrogens with one attached hydrogen (secondary N) is 1. The molecule has 0 spiro atoms. The van der Waals surface area contributed by atoms with Crippen LogP contribution >= 0.6 is 22.9 Å². The van der Waals surface area contributed by atoms with Gasteiger partial charge < -0.3 is 5.11 Å². The molecule has 3 rings (SSSR count). The monoisotopic (exact) mass is 306 g/mol. The summed E-state index contributed by atoms with van der Waals surface area (Å²) in [5, 5.41) is 17.1. The molecule has 0 bridgehead atoms. The zero-order valence-electron chi connectivity index (χ0n) is 9.73. The number of amides is 1. The third-order valence-electron chi connectivity index (χ3n) is 2.45. The van der Waals surface area contributed by atoms with Crippen LogP contribution in [0.3, 0.4) is 0 Å². The molecule has 0 saturated carbocycles. The van der Waals surface area contributed by atoms with E-state index in [2.05, 4.69) is 19.9 Å². The first-order chi connectivity index (χ1) is 9.63. The van der Waals surface area contributed by atoms with Gasteiger partial charge in [0.1, 0.15) is 0 Å². The van der Waals surface area contributed by atoms with Gasteiger partial charge in [-0.3, -0.25) is 10.1 Å². The molecule has 9 heteroatoms. The van der Waals surface area contributed by atoms with Crippen LogP contribution in [-0.4, -0.2) is 31.6 Å². The highest BCUT2D eigenvalue weighted by Gasteiger charge is 2.13. The molecule has 0 radical (unpaired) electrons. The molecule has 0 aliphatic rings. The van der Waals surface area contributed by atoms with Crippen LogP contribution in [0.2, 0.25) is 0 Å². The van der Waals surface area contributed by atoms with Gasteiger partial charge in [-0.2, -0.15) is 0 Å². The molecule has 0 aliphatic heterocycles. The quantitative estimate of drug-likeness (QED) is 0.767. The topological polar surface area (TPSA) is 105 Å². The van der Waals surface area contributed by atoms with Gasteiger partial charge in [-0.15, -0.1) is 5.10 Å². The number of hydrogen-bond acceptors (Lipinski definition) is 7. The largest absolute Gasteiger partial charge is 0.478 e. The minimum absolute atomic E-state index is 0.183. The van der Waals surface area contributed by atoms with Crippen LogP contribution in [0.25, 0.3) is 10.2 Å². The van der Waals surface area contributed by atoms with Crippen molar-refractivity contribution in [3.05, 3.63) is 34.8 Å². The number of carbonyl (C=O) groups excluding carboxylic acids is 1. The molecule has 20 heavy (non-hydrogen) atoms. The highest BCUT2D eigenvalue weighted by molar-refractivity contribution is 7.22. The Bertz CT molecular complexity index is 797. The Balaban J connectivity index is 1.89. The fourth-order valence-corrected chi connectivity index (χ4v) is 2.87.